The molecule has 2 aromatic carbocycles. The minimum Gasteiger partial charge on any atom is -0.496 e. The molecular formula is C20H23N3O5S. The van der Waals surface area contributed by atoms with Crippen molar-refractivity contribution in [1.82, 2.24) is 5.32 Å². The first-order valence-electron chi connectivity index (χ1n) is 9.25. The fraction of sp³-hybridized carbons (Fsp3) is 0.300. The van der Waals surface area contributed by atoms with E-state index in [9.17, 15) is 18.0 Å². The fourth-order valence-corrected chi connectivity index (χ4v) is 4.24. The topological polar surface area (TPSA) is 105 Å². The number of ether oxygens (including phenoxy) is 1. The van der Waals surface area contributed by atoms with Crippen molar-refractivity contribution in [3.8, 4) is 5.75 Å². The van der Waals surface area contributed by atoms with Crippen molar-refractivity contribution in [2.24, 2.45) is 0 Å². The van der Waals surface area contributed by atoms with Gasteiger partial charge in [0, 0.05) is 25.2 Å². The van der Waals surface area contributed by atoms with Gasteiger partial charge in [-0.3, -0.25) is 14.3 Å². The molecule has 1 aliphatic rings. The van der Waals surface area contributed by atoms with Gasteiger partial charge in [0.1, 0.15) is 5.75 Å². The van der Waals surface area contributed by atoms with Gasteiger partial charge >= 0.3 is 0 Å². The highest BCUT2D eigenvalue weighted by molar-refractivity contribution is 7.92. The van der Waals surface area contributed by atoms with Gasteiger partial charge in [0.05, 0.1) is 23.3 Å². The lowest BCUT2D eigenvalue weighted by Crippen LogP contribution is -2.24. The highest BCUT2D eigenvalue weighted by atomic mass is 32.2. The third-order valence-electron chi connectivity index (χ3n) is 4.55. The van der Waals surface area contributed by atoms with Crippen molar-refractivity contribution in [2.45, 2.75) is 24.7 Å². The summed E-state index contributed by atoms with van der Waals surface area (Å²) in [5, 5.41) is 2.64. The van der Waals surface area contributed by atoms with Gasteiger partial charge < -0.3 is 15.0 Å². The number of sulfonamides is 1. The molecule has 2 amide bonds. The lowest BCUT2D eigenvalue weighted by atomic mass is 10.2. The Bertz CT molecular complexity index is 1040. The molecule has 0 saturated carbocycles. The molecule has 2 aromatic rings. The lowest BCUT2D eigenvalue weighted by molar-refractivity contribution is -0.117. The summed E-state index contributed by atoms with van der Waals surface area (Å²) >= 11 is 0. The molecule has 29 heavy (non-hydrogen) atoms. The summed E-state index contributed by atoms with van der Waals surface area (Å²) in [4.78, 5) is 25.8. The average molecular weight is 417 g/mol. The van der Waals surface area contributed by atoms with Crippen LogP contribution in [0.1, 0.15) is 30.1 Å². The first-order valence-corrected chi connectivity index (χ1v) is 10.7. The number of benzene rings is 2. The number of hydrogen-bond donors (Lipinski definition) is 2. The molecule has 1 saturated heterocycles. The molecule has 0 unspecified atom stereocenters. The van der Waals surface area contributed by atoms with Gasteiger partial charge in [0.15, 0.2) is 0 Å². The van der Waals surface area contributed by atoms with Crippen LogP contribution in [0.25, 0.3) is 0 Å². The quantitative estimate of drug-likeness (QED) is 0.720. The Balaban J connectivity index is 1.89. The molecule has 1 aliphatic heterocycles. The van der Waals surface area contributed by atoms with E-state index >= 15 is 0 Å². The molecule has 0 bridgehead atoms. The fourth-order valence-electron chi connectivity index (χ4n) is 3.16. The van der Waals surface area contributed by atoms with Gasteiger partial charge in [0.25, 0.3) is 15.9 Å². The highest BCUT2D eigenvalue weighted by Crippen LogP contribution is 2.27. The first kappa shape index (κ1) is 20.7. The number of hydrogen-bond acceptors (Lipinski definition) is 5. The Morgan fingerprint density at radius 1 is 1.21 bits per heavy atom. The van der Waals surface area contributed by atoms with E-state index in [0.717, 1.165) is 6.42 Å². The smallest absolute Gasteiger partial charge is 0.261 e. The van der Waals surface area contributed by atoms with Crippen LogP contribution in [0.4, 0.5) is 11.4 Å². The molecule has 9 heteroatoms. The Morgan fingerprint density at radius 3 is 2.66 bits per heavy atom. The number of carbonyl (C=O) groups is 2. The molecule has 0 atom stereocenters. The average Bonchev–Trinajstić information content (AvgIpc) is 3.13. The van der Waals surface area contributed by atoms with Gasteiger partial charge in [-0.2, -0.15) is 0 Å². The van der Waals surface area contributed by atoms with Crippen molar-refractivity contribution < 1.29 is 22.7 Å². The zero-order chi connectivity index (χ0) is 21.0. The molecule has 0 radical (unpaired) electrons. The Hall–Kier alpha value is -3.07. The summed E-state index contributed by atoms with van der Waals surface area (Å²) in [6.45, 7) is 2.78. The predicted molar refractivity (Wildman–Crippen MR) is 110 cm³/mol. The molecule has 0 aliphatic carbocycles. The number of carbonyl (C=O) groups excluding carboxylic acids is 2. The van der Waals surface area contributed by atoms with E-state index in [1.54, 1.807) is 36.1 Å². The number of amides is 2. The molecule has 1 heterocycles. The van der Waals surface area contributed by atoms with E-state index in [-0.39, 0.29) is 22.1 Å². The van der Waals surface area contributed by atoms with Crippen molar-refractivity contribution in [2.75, 3.05) is 29.8 Å². The summed E-state index contributed by atoms with van der Waals surface area (Å²) in [7, 11) is -2.54. The van der Waals surface area contributed by atoms with E-state index in [2.05, 4.69) is 10.0 Å². The number of rotatable bonds is 7. The number of methoxy groups -OCH3 is 1. The Kier molecular flexibility index (Phi) is 6.07. The second-order valence-corrected chi connectivity index (χ2v) is 8.21. The van der Waals surface area contributed by atoms with Crippen molar-refractivity contribution in [1.29, 1.82) is 0 Å². The zero-order valence-electron chi connectivity index (χ0n) is 16.3. The summed E-state index contributed by atoms with van der Waals surface area (Å²) in [5.41, 5.74) is 1.11. The third kappa shape index (κ3) is 4.51. The summed E-state index contributed by atoms with van der Waals surface area (Å²) in [6.07, 6.45) is 1.27. The van der Waals surface area contributed by atoms with E-state index in [1.807, 2.05) is 0 Å². The number of nitrogens with one attached hydrogen (secondary N) is 2. The van der Waals surface area contributed by atoms with Crippen LogP contribution in [0.5, 0.6) is 5.75 Å². The van der Waals surface area contributed by atoms with Crippen LogP contribution in [0, 0.1) is 0 Å². The summed E-state index contributed by atoms with van der Waals surface area (Å²) in [5.74, 6) is -0.118. The maximum atomic E-state index is 12.9. The van der Waals surface area contributed by atoms with Crippen LogP contribution < -0.4 is 19.7 Å². The normalized spacial score (nSPS) is 14.0. The number of anilines is 2. The van der Waals surface area contributed by atoms with Crippen LogP contribution in [-0.4, -0.2) is 40.4 Å². The van der Waals surface area contributed by atoms with Crippen molar-refractivity contribution >= 4 is 33.2 Å². The second-order valence-electron chi connectivity index (χ2n) is 6.53. The Morgan fingerprint density at radius 2 is 2.00 bits per heavy atom. The molecular weight excluding hydrogens is 394 g/mol. The summed E-state index contributed by atoms with van der Waals surface area (Å²) < 4.78 is 33.4. The van der Waals surface area contributed by atoms with Gasteiger partial charge in [-0.1, -0.05) is 6.07 Å². The molecule has 8 nitrogen and oxygen atoms in total. The molecule has 1 fully saturated rings. The van der Waals surface area contributed by atoms with E-state index in [4.69, 9.17) is 4.74 Å². The molecule has 2 N–H and O–H groups in total. The number of nitrogens with zero attached hydrogens (tertiary/aromatic N) is 1. The zero-order valence-corrected chi connectivity index (χ0v) is 17.1. The van der Waals surface area contributed by atoms with E-state index in [1.165, 1.54) is 25.3 Å². The molecule has 3 rings (SSSR count). The standard InChI is InChI=1S/C20H23N3O5S/c1-3-21-20(25)17-13-16(9-10-18(17)28-2)29(26,27)22-14-6-4-7-15(12-14)23-11-5-8-19(23)24/h4,6-7,9-10,12-13,22H,3,5,8,11H2,1-2H3,(H,21,25). The van der Waals surface area contributed by atoms with Crippen LogP contribution in [0.15, 0.2) is 47.4 Å². The third-order valence-corrected chi connectivity index (χ3v) is 5.93. The monoisotopic (exact) mass is 417 g/mol. The second kappa shape index (κ2) is 8.52. The minimum absolute atomic E-state index is 0.0201. The molecule has 154 valence electrons. The van der Waals surface area contributed by atoms with Gasteiger partial charge in [-0.05, 0) is 49.7 Å². The summed E-state index contributed by atoms with van der Waals surface area (Å²) in [6, 6.07) is 10.8. The molecule has 0 spiro atoms. The van der Waals surface area contributed by atoms with Crippen molar-refractivity contribution in [3.05, 3.63) is 48.0 Å². The SMILES string of the molecule is CCNC(=O)c1cc(S(=O)(=O)Nc2cccc(N3CCCC3=O)c2)ccc1OC. The maximum absolute atomic E-state index is 12.9. The van der Waals surface area contributed by atoms with Gasteiger partial charge in [0.2, 0.25) is 5.91 Å². The molecule has 0 aromatic heterocycles. The Labute approximate surface area is 169 Å². The van der Waals surface area contributed by atoms with Crippen LogP contribution >= 0.6 is 0 Å². The van der Waals surface area contributed by atoms with Crippen LogP contribution in [0.3, 0.4) is 0 Å². The predicted octanol–water partition coefficient (Wildman–Crippen LogP) is 2.37. The van der Waals surface area contributed by atoms with E-state index < -0.39 is 15.9 Å². The van der Waals surface area contributed by atoms with Gasteiger partial charge in [-0.25, -0.2) is 8.42 Å². The highest BCUT2D eigenvalue weighted by Gasteiger charge is 2.23. The maximum Gasteiger partial charge on any atom is 0.261 e. The van der Waals surface area contributed by atoms with Gasteiger partial charge in [-0.15, -0.1) is 0 Å². The lowest BCUT2D eigenvalue weighted by Gasteiger charge is -2.17. The van der Waals surface area contributed by atoms with Crippen LogP contribution in [0.2, 0.25) is 0 Å². The minimum atomic E-state index is -3.95. The van der Waals surface area contributed by atoms with E-state index in [0.29, 0.717) is 30.9 Å². The first-order chi connectivity index (χ1) is 13.9. The van der Waals surface area contributed by atoms with Crippen molar-refractivity contribution in [3.63, 3.8) is 0 Å². The van der Waals surface area contributed by atoms with Crippen LogP contribution in [-0.2, 0) is 14.8 Å². The largest absolute Gasteiger partial charge is 0.496 e.